The first-order valence-corrected chi connectivity index (χ1v) is 9.64. The van der Waals surface area contributed by atoms with Gasteiger partial charge in [0, 0.05) is 0 Å². The van der Waals surface area contributed by atoms with E-state index in [1.54, 1.807) is 0 Å². The van der Waals surface area contributed by atoms with Gasteiger partial charge in [-0.3, -0.25) is 0 Å². The molecule has 24 heavy (non-hydrogen) atoms. The van der Waals surface area contributed by atoms with Gasteiger partial charge in [0.05, 0.1) is 10.9 Å². The highest BCUT2D eigenvalue weighted by molar-refractivity contribution is 7.97. The summed E-state index contributed by atoms with van der Waals surface area (Å²) in [6.45, 7) is 8.93. The van der Waals surface area contributed by atoms with E-state index >= 15 is 0 Å². The van der Waals surface area contributed by atoms with Crippen LogP contribution in [-0.4, -0.2) is 0 Å². The van der Waals surface area contributed by atoms with Crippen LogP contribution in [0.4, 0.5) is 0 Å². The molecule has 0 saturated heterocycles. The Bertz CT molecular complexity index is 778. The van der Waals surface area contributed by atoms with E-state index in [0.29, 0.717) is 0 Å². The van der Waals surface area contributed by atoms with Crippen LogP contribution in [0.15, 0.2) is 93.5 Å². The first-order valence-electron chi connectivity index (χ1n) is 8.42. The van der Waals surface area contributed by atoms with Gasteiger partial charge in [-0.15, -0.1) is 0 Å². The molecule has 0 aliphatic carbocycles. The number of aryl methyl sites for hydroxylation is 1. The Labute approximate surface area is 148 Å². The highest BCUT2D eigenvalue weighted by Gasteiger charge is 2.28. The second-order valence-corrected chi connectivity index (χ2v) is 9.23. The van der Waals surface area contributed by atoms with Crippen LogP contribution in [0.2, 0.25) is 0 Å². The Morgan fingerprint density at radius 1 is 0.583 bits per heavy atom. The highest BCUT2D eigenvalue weighted by Crippen LogP contribution is 2.32. The van der Waals surface area contributed by atoms with Crippen LogP contribution in [-0.2, 0) is 16.3 Å². The normalized spacial score (nSPS) is 12.8. The average molecular weight is 334 g/mol. The van der Waals surface area contributed by atoms with Crippen molar-refractivity contribution in [2.24, 2.45) is 0 Å². The summed E-state index contributed by atoms with van der Waals surface area (Å²) in [6, 6.07) is 29.0. The van der Waals surface area contributed by atoms with Crippen LogP contribution < -0.4 is 0 Å². The molecule has 0 aromatic heterocycles. The first-order chi connectivity index (χ1) is 11.4. The number of hydrogen-bond acceptors (Lipinski definition) is 0. The van der Waals surface area contributed by atoms with Crippen molar-refractivity contribution in [3.63, 3.8) is 0 Å². The Kier molecular flexibility index (Phi) is 4.82. The Balaban J connectivity index is 2.06. The first kappa shape index (κ1) is 16.9. The zero-order chi connectivity index (χ0) is 17.2. The molecule has 0 heterocycles. The molecule has 0 saturated carbocycles. The molecule has 1 heteroatoms. The van der Waals surface area contributed by atoms with Crippen LogP contribution in [0.25, 0.3) is 0 Å². The fourth-order valence-electron chi connectivity index (χ4n) is 2.73. The average Bonchev–Trinajstić information content (AvgIpc) is 2.58. The van der Waals surface area contributed by atoms with E-state index < -0.39 is 0 Å². The van der Waals surface area contributed by atoms with Crippen molar-refractivity contribution in [2.75, 3.05) is 0 Å². The molecule has 1 unspecified atom stereocenters. The molecule has 0 fully saturated rings. The molecule has 0 aliphatic rings. The minimum atomic E-state index is -0.0580. The van der Waals surface area contributed by atoms with E-state index in [1.807, 2.05) is 0 Å². The lowest BCUT2D eigenvalue weighted by Crippen LogP contribution is -2.11. The van der Waals surface area contributed by atoms with Crippen LogP contribution in [0.5, 0.6) is 0 Å². The van der Waals surface area contributed by atoms with Crippen molar-refractivity contribution < 1.29 is 0 Å². The Morgan fingerprint density at radius 3 is 1.54 bits per heavy atom. The lowest BCUT2D eigenvalue weighted by atomic mass is 9.87. The summed E-state index contributed by atoms with van der Waals surface area (Å²) < 4.78 is 0. The van der Waals surface area contributed by atoms with Crippen molar-refractivity contribution >= 4 is 10.9 Å². The molecule has 0 aliphatic heterocycles. The zero-order valence-corrected chi connectivity index (χ0v) is 15.7. The largest absolute Gasteiger partial charge is 0.166 e. The van der Waals surface area contributed by atoms with Gasteiger partial charge >= 0.3 is 0 Å². The second kappa shape index (κ2) is 6.86. The van der Waals surface area contributed by atoms with E-state index in [9.17, 15) is 0 Å². The molecule has 1 atom stereocenters. The monoisotopic (exact) mass is 333 g/mol. The fourth-order valence-corrected chi connectivity index (χ4v) is 4.79. The molecule has 3 rings (SSSR count). The second-order valence-electron chi connectivity index (χ2n) is 7.21. The van der Waals surface area contributed by atoms with E-state index in [1.165, 1.54) is 25.8 Å². The zero-order valence-electron chi connectivity index (χ0n) is 14.9. The molecule has 0 spiro atoms. The number of hydrogen-bond donors (Lipinski definition) is 0. The molecule has 3 aromatic carbocycles. The summed E-state index contributed by atoms with van der Waals surface area (Å²) >= 11 is 0. The third-order valence-electron chi connectivity index (χ3n) is 4.19. The van der Waals surface area contributed by atoms with E-state index in [2.05, 4.69) is 107 Å². The maximum absolute atomic E-state index is 2.30. The molecule has 0 N–H and O–H groups in total. The smallest absolute Gasteiger partial charge is 0.0619 e. The van der Waals surface area contributed by atoms with Gasteiger partial charge in [0.1, 0.15) is 0 Å². The molecular weight excluding hydrogens is 308 g/mol. The molecule has 122 valence electrons. The van der Waals surface area contributed by atoms with Crippen LogP contribution in [0, 0.1) is 6.92 Å². The maximum Gasteiger partial charge on any atom is 0.166 e. The van der Waals surface area contributed by atoms with Gasteiger partial charge < -0.3 is 0 Å². The topological polar surface area (TPSA) is 0 Å². The lowest BCUT2D eigenvalue weighted by Gasteiger charge is -2.19. The summed E-state index contributed by atoms with van der Waals surface area (Å²) in [5.41, 5.74) is 2.87. The summed E-state index contributed by atoms with van der Waals surface area (Å²) in [4.78, 5) is 4.11. The standard InChI is InChI=1S/C23H25S/c1-18-10-14-21(15-11-18)24(20-8-6-5-7-9-20)22-16-12-19(13-17-22)23(2,3)4/h5-17H,1-4H3/q+1. The van der Waals surface area contributed by atoms with Crippen molar-refractivity contribution in [2.45, 2.75) is 47.8 Å². The molecular formula is C23H25S+. The SMILES string of the molecule is Cc1ccc([S+](c2ccccc2)c2ccc(C(C)(C)C)cc2)cc1. The molecule has 3 aromatic rings. The van der Waals surface area contributed by atoms with Gasteiger partial charge in [-0.25, -0.2) is 0 Å². The van der Waals surface area contributed by atoms with Gasteiger partial charge in [-0.05, 0) is 54.3 Å². The highest BCUT2D eigenvalue weighted by atomic mass is 32.2. The number of rotatable bonds is 3. The Hall–Kier alpha value is -1.99. The quantitative estimate of drug-likeness (QED) is 0.487. The molecule has 0 bridgehead atoms. The van der Waals surface area contributed by atoms with E-state index in [4.69, 9.17) is 0 Å². The van der Waals surface area contributed by atoms with Gasteiger partial charge in [0.25, 0.3) is 0 Å². The van der Waals surface area contributed by atoms with Gasteiger partial charge in [0.15, 0.2) is 14.7 Å². The Morgan fingerprint density at radius 2 is 1.04 bits per heavy atom. The summed E-state index contributed by atoms with van der Waals surface area (Å²) in [5.74, 6) is 0. The third kappa shape index (κ3) is 3.73. The van der Waals surface area contributed by atoms with E-state index in [-0.39, 0.29) is 16.3 Å². The summed E-state index contributed by atoms with van der Waals surface area (Å²) in [6.07, 6.45) is 0. The minimum Gasteiger partial charge on any atom is -0.0619 e. The summed E-state index contributed by atoms with van der Waals surface area (Å²) in [5, 5.41) is 0. The van der Waals surface area contributed by atoms with Crippen molar-refractivity contribution in [1.82, 2.24) is 0 Å². The summed E-state index contributed by atoms with van der Waals surface area (Å²) in [7, 11) is -0.0580. The predicted molar refractivity (Wildman–Crippen MR) is 105 cm³/mol. The van der Waals surface area contributed by atoms with Crippen molar-refractivity contribution in [3.8, 4) is 0 Å². The predicted octanol–water partition coefficient (Wildman–Crippen LogP) is 6.39. The van der Waals surface area contributed by atoms with Crippen molar-refractivity contribution in [1.29, 1.82) is 0 Å². The number of benzene rings is 3. The fraction of sp³-hybridized carbons (Fsp3) is 0.217. The van der Waals surface area contributed by atoms with Gasteiger partial charge in [-0.1, -0.05) is 68.8 Å². The van der Waals surface area contributed by atoms with Gasteiger partial charge in [0.2, 0.25) is 0 Å². The molecule has 0 nitrogen and oxygen atoms in total. The van der Waals surface area contributed by atoms with Crippen molar-refractivity contribution in [3.05, 3.63) is 90.0 Å². The van der Waals surface area contributed by atoms with E-state index in [0.717, 1.165) is 0 Å². The third-order valence-corrected chi connectivity index (χ3v) is 6.42. The van der Waals surface area contributed by atoms with Crippen LogP contribution >= 0.6 is 0 Å². The molecule has 0 radical (unpaired) electrons. The maximum atomic E-state index is 2.30. The minimum absolute atomic E-state index is 0.0580. The molecule has 0 amide bonds. The van der Waals surface area contributed by atoms with Gasteiger partial charge in [-0.2, -0.15) is 0 Å². The van der Waals surface area contributed by atoms with Crippen LogP contribution in [0.1, 0.15) is 31.9 Å². The van der Waals surface area contributed by atoms with Crippen LogP contribution in [0.3, 0.4) is 0 Å². The lowest BCUT2D eigenvalue weighted by molar-refractivity contribution is 0.589.